The number of carbonyl (C=O) groups is 1. The standard InChI is InChI=1S/C23H14Cl2N6O3S/c24-15-6-16(25)8-17(7-15)30-22(32)20(31-21(35(33)34)11-28-23(30)31)5-13-1-3-14(4-2-13)18-10-27-12-29-19(18)9-26/h1-4,6-8,10-12,20H,5H2,(H,33,34). The summed E-state index contributed by atoms with van der Waals surface area (Å²) in [5.41, 5.74) is 2.80. The molecule has 1 N–H and O–H groups in total. The number of carbonyl (C=O) groups excluding carboxylic acids is 1. The Kier molecular flexibility index (Phi) is 6.08. The molecule has 2 unspecified atom stereocenters. The molecular weight excluding hydrogens is 511 g/mol. The number of nitriles is 1. The van der Waals surface area contributed by atoms with Crippen LogP contribution in [0.15, 0.2) is 66.2 Å². The number of nitrogens with zero attached hydrogens (tertiary/aromatic N) is 6. The minimum atomic E-state index is -2.36. The van der Waals surface area contributed by atoms with Gasteiger partial charge in [-0.3, -0.25) is 9.36 Å². The van der Waals surface area contributed by atoms with Crippen molar-refractivity contribution in [1.29, 1.82) is 5.26 Å². The fraction of sp³-hybridized carbons (Fsp3) is 0.0870. The molecule has 1 aliphatic heterocycles. The smallest absolute Gasteiger partial charge is 0.257 e. The van der Waals surface area contributed by atoms with Gasteiger partial charge >= 0.3 is 0 Å². The normalized spacial score (nSPS) is 15.7. The number of rotatable bonds is 5. The van der Waals surface area contributed by atoms with Crippen LogP contribution in [0.3, 0.4) is 0 Å². The van der Waals surface area contributed by atoms with E-state index in [0.29, 0.717) is 21.3 Å². The number of amides is 1. The lowest BCUT2D eigenvalue weighted by atomic mass is 10.0. The van der Waals surface area contributed by atoms with Gasteiger partial charge in [-0.2, -0.15) is 5.26 Å². The van der Waals surface area contributed by atoms with Crippen molar-refractivity contribution in [1.82, 2.24) is 19.5 Å². The second-order valence-corrected chi connectivity index (χ2v) is 9.42. The Bertz CT molecular complexity index is 1510. The zero-order chi connectivity index (χ0) is 24.7. The van der Waals surface area contributed by atoms with Gasteiger partial charge in [0.25, 0.3) is 5.91 Å². The van der Waals surface area contributed by atoms with Gasteiger partial charge < -0.3 is 4.55 Å². The molecule has 9 nitrogen and oxygen atoms in total. The third-order valence-electron chi connectivity index (χ3n) is 5.56. The molecule has 0 spiro atoms. The molecule has 0 aliphatic carbocycles. The molecule has 4 aromatic rings. The quantitative estimate of drug-likeness (QED) is 0.379. The van der Waals surface area contributed by atoms with E-state index in [1.54, 1.807) is 24.4 Å². The van der Waals surface area contributed by atoms with Crippen molar-refractivity contribution in [3.63, 3.8) is 0 Å². The van der Waals surface area contributed by atoms with E-state index in [-0.39, 0.29) is 29.0 Å². The van der Waals surface area contributed by atoms with Crippen molar-refractivity contribution in [2.45, 2.75) is 17.5 Å². The van der Waals surface area contributed by atoms with Crippen LogP contribution in [0.1, 0.15) is 17.3 Å². The van der Waals surface area contributed by atoms with Crippen LogP contribution in [-0.2, 0) is 22.3 Å². The molecule has 2 atom stereocenters. The molecule has 0 fully saturated rings. The highest BCUT2D eigenvalue weighted by atomic mass is 35.5. The summed E-state index contributed by atoms with van der Waals surface area (Å²) in [7, 11) is 0. The van der Waals surface area contributed by atoms with Crippen molar-refractivity contribution in [3.8, 4) is 17.2 Å². The summed E-state index contributed by atoms with van der Waals surface area (Å²) < 4.78 is 23.2. The van der Waals surface area contributed by atoms with E-state index >= 15 is 0 Å². The predicted molar refractivity (Wildman–Crippen MR) is 130 cm³/mol. The number of halogens is 2. The highest BCUT2D eigenvalue weighted by molar-refractivity contribution is 7.79. The SMILES string of the molecule is N#Cc1ncncc1-c1ccc(CC2C(=O)N(c3cc(Cl)cc(Cl)c3)c3ncc(S(=O)O)n32)cc1. The number of aromatic nitrogens is 4. The Labute approximate surface area is 211 Å². The topological polar surface area (TPSA) is 125 Å². The molecule has 1 amide bonds. The maximum Gasteiger partial charge on any atom is 0.257 e. The van der Waals surface area contributed by atoms with Crippen LogP contribution in [0.25, 0.3) is 11.1 Å². The Morgan fingerprint density at radius 2 is 1.80 bits per heavy atom. The number of hydrogen-bond donors (Lipinski definition) is 1. The molecule has 0 bridgehead atoms. The van der Waals surface area contributed by atoms with Crippen LogP contribution in [0, 0.1) is 11.3 Å². The van der Waals surface area contributed by atoms with E-state index in [2.05, 4.69) is 15.0 Å². The molecule has 2 aromatic carbocycles. The van der Waals surface area contributed by atoms with Crippen LogP contribution < -0.4 is 4.90 Å². The highest BCUT2D eigenvalue weighted by Gasteiger charge is 2.42. The van der Waals surface area contributed by atoms with Crippen LogP contribution in [0.2, 0.25) is 10.0 Å². The largest absolute Gasteiger partial charge is 0.301 e. The van der Waals surface area contributed by atoms with E-state index in [4.69, 9.17) is 23.2 Å². The summed E-state index contributed by atoms with van der Waals surface area (Å²) in [6.45, 7) is 0. The van der Waals surface area contributed by atoms with Gasteiger partial charge in [-0.05, 0) is 29.3 Å². The van der Waals surface area contributed by atoms with Crippen LogP contribution >= 0.6 is 23.2 Å². The maximum atomic E-state index is 13.5. The Balaban J connectivity index is 1.52. The van der Waals surface area contributed by atoms with E-state index in [1.807, 2.05) is 30.3 Å². The minimum Gasteiger partial charge on any atom is -0.301 e. The average Bonchev–Trinajstić information content (AvgIpc) is 3.37. The summed E-state index contributed by atoms with van der Waals surface area (Å²) in [6.07, 6.45) is 4.38. The van der Waals surface area contributed by atoms with E-state index in [0.717, 1.165) is 11.1 Å². The highest BCUT2D eigenvalue weighted by Crippen LogP contribution is 2.41. The first kappa shape index (κ1) is 23.1. The van der Waals surface area contributed by atoms with Gasteiger partial charge in [0.05, 0.1) is 11.9 Å². The lowest BCUT2D eigenvalue weighted by molar-refractivity contribution is -0.119. The molecule has 2 aromatic heterocycles. The van der Waals surface area contributed by atoms with Gasteiger partial charge in [-0.15, -0.1) is 0 Å². The number of fused-ring (bicyclic) bond motifs is 1. The van der Waals surface area contributed by atoms with Crippen molar-refractivity contribution in [2.75, 3.05) is 4.90 Å². The number of anilines is 2. The minimum absolute atomic E-state index is 0.00527. The van der Waals surface area contributed by atoms with Crippen LogP contribution in [0.4, 0.5) is 11.6 Å². The van der Waals surface area contributed by atoms with E-state index in [1.165, 1.54) is 22.0 Å². The van der Waals surface area contributed by atoms with Crippen LogP contribution in [0.5, 0.6) is 0 Å². The molecule has 35 heavy (non-hydrogen) atoms. The molecule has 0 radical (unpaired) electrons. The van der Waals surface area contributed by atoms with Gasteiger partial charge in [-0.25, -0.2) is 24.1 Å². The van der Waals surface area contributed by atoms with E-state index < -0.39 is 17.1 Å². The van der Waals surface area contributed by atoms with E-state index in [9.17, 15) is 18.8 Å². The zero-order valence-corrected chi connectivity index (χ0v) is 20.0. The molecule has 0 saturated carbocycles. The van der Waals surface area contributed by atoms with Crippen molar-refractivity contribution >= 4 is 51.8 Å². The van der Waals surface area contributed by atoms with Gasteiger partial charge in [0.15, 0.2) is 10.7 Å². The first-order valence-corrected chi connectivity index (χ1v) is 12.0. The first-order chi connectivity index (χ1) is 16.9. The monoisotopic (exact) mass is 524 g/mol. The second-order valence-electron chi connectivity index (χ2n) is 7.63. The lowest BCUT2D eigenvalue weighted by Gasteiger charge is -2.17. The number of hydrogen-bond acceptors (Lipinski definition) is 6. The summed E-state index contributed by atoms with van der Waals surface area (Å²) in [5, 5.41) is 9.98. The second kappa shape index (κ2) is 9.20. The van der Waals surface area contributed by atoms with Crippen molar-refractivity contribution in [2.24, 2.45) is 0 Å². The Hall–Kier alpha value is -3.62. The molecular formula is C23H14Cl2N6O3S. The fourth-order valence-electron chi connectivity index (χ4n) is 4.04. The predicted octanol–water partition coefficient (Wildman–Crippen LogP) is 4.56. The third-order valence-corrected chi connectivity index (χ3v) is 6.65. The fourth-order valence-corrected chi connectivity index (χ4v) is 5.08. The van der Waals surface area contributed by atoms with Gasteiger partial charge in [-0.1, -0.05) is 47.5 Å². The number of benzene rings is 2. The van der Waals surface area contributed by atoms with Gasteiger partial charge in [0.1, 0.15) is 18.4 Å². The molecule has 5 rings (SSSR count). The molecule has 3 heterocycles. The van der Waals surface area contributed by atoms with Gasteiger partial charge in [0.2, 0.25) is 17.0 Å². The maximum absolute atomic E-state index is 13.5. The lowest BCUT2D eigenvalue weighted by Crippen LogP contribution is -2.26. The summed E-state index contributed by atoms with van der Waals surface area (Å²) in [6, 6.07) is 13.2. The Morgan fingerprint density at radius 3 is 2.46 bits per heavy atom. The number of imidazole rings is 1. The van der Waals surface area contributed by atoms with Crippen molar-refractivity contribution in [3.05, 3.63) is 82.5 Å². The summed E-state index contributed by atoms with van der Waals surface area (Å²) in [4.78, 5) is 27.1. The average molecular weight is 525 g/mol. The van der Waals surface area contributed by atoms with Crippen molar-refractivity contribution < 1.29 is 13.6 Å². The van der Waals surface area contributed by atoms with Crippen LogP contribution in [-0.4, -0.2) is 34.2 Å². The molecule has 0 saturated heterocycles. The molecule has 12 heteroatoms. The first-order valence-electron chi connectivity index (χ1n) is 10.1. The van der Waals surface area contributed by atoms with Gasteiger partial charge in [0, 0.05) is 28.2 Å². The summed E-state index contributed by atoms with van der Waals surface area (Å²) >= 11 is 9.93. The molecule has 174 valence electrons. The summed E-state index contributed by atoms with van der Waals surface area (Å²) in [5.74, 6) is -0.141. The Morgan fingerprint density at radius 1 is 1.09 bits per heavy atom. The molecule has 1 aliphatic rings. The zero-order valence-electron chi connectivity index (χ0n) is 17.7. The third kappa shape index (κ3) is 4.19.